The molecule has 0 radical (unpaired) electrons. The average Bonchev–Trinajstić information content (AvgIpc) is 2.72. The first kappa shape index (κ1) is 21.8. The van der Waals surface area contributed by atoms with Gasteiger partial charge in [-0.3, -0.25) is 9.59 Å². The van der Waals surface area contributed by atoms with Crippen LogP contribution in [0.3, 0.4) is 0 Å². The van der Waals surface area contributed by atoms with Crippen molar-refractivity contribution in [1.82, 2.24) is 5.32 Å². The molecule has 2 N–H and O–H groups in total. The van der Waals surface area contributed by atoms with Gasteiger partial charge >= 0.3 is 0 Å². The van der Waals surface area contributed by atoms with Crippen molar-refractivity contribution in [3.05, 3.63) is 59.2 Å². The van der Waals surface area contributed by atoms with Gasteiger partial charge < -0.3 is 19.9 Å². The van der Waals surface area contributed by atoms with Crippen molar-refractivity contribution in [3.63, 3.8) is 0 Å². The van der Waals surface area contributed by atoms with Crippen LogP contribution in [-0.2, 0) is 9.59 Å². The van der Waals surface area contributed by atoms with Crippen molar-refractivity contribution in [2.45, 2.75) is 56.8 Å². The van der Waals surface area contributed by atoms with Crippen molar-refractivity contribution in [2.75, 3.05) is 6.61 Å². The third kappa shape index (κ3) is 4.08. The minimum atomic E-state index is -0.945. The van der Waals surface area contributed by atoms with Gasteiger partial charge in [-0.05, 0) is 61.4 Å². The topological polar surface area (TPSA) is 84.9 Å². The van der Waals surface area contributed by atoms with Gasteiger partial charge in [0.1, 0.15) is 23.1 Å². The molecule has 6 nitrogen and oxygen atoms in total. The first-order chi connectivity index (χ1) is 15.7. The summed E-state index contributed by atoms with van der Waals surface area (Å²) in [5, 5.41) is 13.3. The zero-order valence-corrected chi connectivity index (χ0v) is 18.2. The third-order valence-electron chi connectivity index (χ3n) is 7.00. The zero-order chi connectivity index (χ0) is 23.4. The highest BCUT2D eigenvalue weighted by molar-refractivity contribution is 5.85. The molecule has 3 aliphatic carbocycles. The van der Waals surface area contributed by atoms with Crippen LogP contribution in [0.4, 0.5) is 8.78 Å². The molecule has 1 aliphatic heterocycles. The minimum absolute atomic E-state index is 0.0895. The molecule has 3 saturated carbocycles. The molecule has 2 aromatic rings. The molecule has 8 heteroatoms. The standard InChI is InChI=1S/C25H25F2NO5/c1-14-2-4-16(7-18(14)27)32-10-23(31)28-25-11-24(12-25,13-25)9-20(30)22-8-19(29)17-6-15(26)3-5-21(17)33-22/h2-7,19,22,29H,8-13H2,1H3,(H,28,31). The number of fused-ring (bicyclic) bond motifs is 1. The number of ketones is 1. The van der Waals surface area contributed by atoms with E-state index in [1.807, 2.05) is 0 Å². The van der Waals surface area contributed by atoms with Crippen LogP contribution in [-0.4, -0.2) is 35.0 Å². The van der Waals surface area contributed by atoms with Gasteiger partial charge in [0.05, 0.1) is 6.10 Å². The van der Waals surface area contributed by atoms with Crippen molar-refractivity contribution in [1.29, 1.82) is 0 Å². The lowest BCUT2D eigenvalue weighted by Crippen LogP contribution is -2.75. The minimum Gasteiger partial charge on any atom is -0.484 e. The van der Waals surface area contributed by atoms with Gasteiger partial charge in [-0.25, -0.2) is 8.78 Å². The van der Waals surface area contributed by atoms with Crippen molar-refractivity contribution < 1.29 is 33.0 Å². The lowest BCUT2D eigenvalue weighted by molar-refractivity contribution is -0.175. The molecule has 2 atom stereocenters. The Bertz CT molecular complexity index is 1110. The molecule has 1 heterocycles. The highest BCUT2D eigenvalue weighted by atomic mass is 19.1. The van der Waals surface area contributed by atoms with E-state index in [0.717, 1.165) is 0 Å². The van der Waals surface area contributed by atoms with Crippen LogP contribution in [0.15, 0.2) is 36.4 Å². The van der Waals surface area contributed by atoms with Crippen molar-refractivity contribution >= 4 is 11.7 Å². The molecule has 2 aromatic carbocycles. The number of Topliss-reactive ketones (excluding diaryl/α,β-unsaturated/α-hetero) is 1. The molecular weight excluding hydrogens is 432 g/mol. The van der Waals surface area contributed by atoms with Gasteiger partial charge in [0.2, 0.25) is 0 Å². The summed E-state index contributed by atoms with van der Waals surface area (Å²) in [4.78, 5) is 25.1. The number of aryl methyl sites for hydroxylation is 1. The Balaban J connectivity index is 1.10. The van der Waals surface area contributed by atoms with E-state index >= 15 is 0 Å². The third-order valence-corrected chi connectivity index (χ3v) is 7.00. The highest BCUT2D eigenvalue weighted by Gasteiger charge is 2.68. The maximum atomic E-state index is 13.6. The normalized spacial score (nSPS) is 29.1. The van der Waals surface area contributed by atoms with Crippen LogP contribution >= 0.6 is 0 Å². The summed E-state index contributed by atoms with van der Waals surface area (Å²) >= 11 is 0. The number of rotatable bonds is 7. The molecule has 1 amide bonds. The molecule has 2 bridgehead atoms. The largest absolute Gasteiger partial charge is 0.484 e. The first-order valence-corrected chi connectivity index (χ1v) is 11.0. The van der Waals surface area contributed by atoms with Crippen LogP contribution in [0, 0.1) is 24.0 Å². The summed E-state index contributed by atoms with van der Waals surface area (Å²) in [6.45, 7) is 1.45. The van der Waals surface area contributed by atoms with Gasteiger partial charge in [0.15, 0.2) is 18.5 Å². The van der Waals surface area contributed by atoms with Gasteiger partial charge in [-0.1, -0.05) is 6.07 Å². The Morgan fingerprint density at radius 1 is 1.18 bits per heavy atom. The first-order valence-electron chi connectivity index (χ1n) is 11.0. The maximum absolute atomic E-state index is 13.6. The Hall–Kier alpha value is -3.00. The molecular formula is C25H25F2NO5. The van der Waals surface area contributed by atoms with Crippen LogP contribution in [0.2, 0.25) is 0 Å². The Kier molecular flexibility index (Phi) is 5.16. The monoisotopic (exact) mass is 457 g/mol. The number of halogens is 2. The van der Waals surface area contributed by atoms with E-state index in [2.05, 4.69) is 5.32 Å². The summed E-state index contributed by atoms with van der Waals surface area (Å²) in [7, 11) is 0. The Labute approximate surface area is 189 Å². The van der Waals surface area contributed by atoms with E-state index in [9.17, 15) is 23.5 Å². The second kappa shape index (κ2) is 7.80. The number of hydrogen-bond acceptors (Lipinski definition) is 5. The lowest BCUT2D eigenvalue weighted by Gasteiger charge is -2.70. The smallest absolute Gasteiger partial charge is 0.258 e. The molecule has 6 rings (SSSR count). The summed E-state index contributed by atoms with van der Waals surface area (Å²) in [5.41, 5.74) is 0.410. The lowest BCUT2D eigenvalue weighted by atomic mass is 9.38. The van der Waals surface area contributed by atoms with E-state index in [4.69, 9.17) is 9.47 Å². The van der Waals surface area contributed by atoms with E-state index in [1.54, 1.807) is 19.1 Å². The zero-order valence-electron chi connectivity index (χ0n) is 18.2. The van der Waals surface area contributed by atoms with Crippen LogP contribution in [0.25, 0.3) is 0 Å². The Morgan fingerprint density at radius 3 is 2.67 bits per heavy atom. The molecule has 4 aliphatic rings. The molecule has 174 valence electrons. The number of nitrogens with one attached hydrogen (secondary N) is 1. The summed E-state index contributed by atoms with van der Waals surface area (Å²) in [5.74, 6) is -0.579. The summed E-state index contributed by atoms with van der Waals surface area (Å²) in [6, 6.07) is 8.37. The molecule has 33 heavy (non-hydrogen) atoms. The maximum Gasteiger partial charge on any atom is 0.258 e. The highest BCUT2D eigenvalue weighted by Crippen LogP contribution is 2.69. The summed E-state index contributed by atoms with van der Waals surface area (Å²) < 4.78 is 38.1. The molecule has 0 spiro atoms. The number of aliphatic hydroxyl groups excluding tert-OH is 1. The molecule has 3 fully saturated rings. The second-order valence-electron chi connectivity index (χ2n) is 9.74. The van der Waals surface area contributed by atoms with Crippen LogP contribution in [0.1, 0.15) is 49.3 Å². The number of benzene rings is 2. The number of carbonyl (C=O) groups is 2. The van der Waals surface area contributed by atoms with Gasteiger partial charge in [0, 0.05) is 30.0 Å². The van der Waals surface area contributed by atoms with Gasteiger partial charge in [-0.2, -0.15) is 0 Å². The molecule has 2 unspecified atom stereocenters. The quantitative estimate of drug-likeness (QED) is 0.665. The average molecular weight is 457 g/mol. The van der Waals surface area contributed by atoms with E-state index in [1.165, 1.54) is 24.3 Å². The summed E-state index contributed by atoms with van der Waals surface area (Å²) in [6.07, 6.45) is 0.816. The van der Waals surface area contributed by atoms with Gasteiger partial charge in [0.25, 0.3) is 5.91 Å². The predicted molar refractivity (Wildman–Crippen MR) is 114 cm³/mol. The van der Waals surface area contributed by atoms with E-state index in [-0.39, 0.29) is 41.5 Å². The van der Waals surface area contributed by atoms with E-state index in [0.29, 0.717) is 48.3 Å². The fourth-order valence-corrected chi connectivity index (χ4v) is 5.56. The van der Waals surface area contributed by atoms with Crippen molar-refractivity contribution in [2.24, 2.45) is 5.41 Å². The number of ether oxygens (including phenoxy) is 2. The SMILES string of the molecule is Cc1ccc(OCC(=O)NC23CC(CC(=O)C4CC(O)c5cc(F)ccc5O4)(C2)C3)cc1F. The number of carbonyl (C=O) groups excluding carboxylic acids is 2. The van der Waals surface area contributed by atoms with Crippen LogP contribution in [0.5, 0.6) is 11.5 Å². The number of amides is 1. The fraction of sp³-hybridized carbons (Fsp3) is 0.440. The Morgan fingerprint density at radius 2 is 1.94 bits per heavy atom. The molecule has 0 aromatic heterocycles. The van der Waals surface area contributed by atoms with E-state index < -0.39 is 18.0 Å². The predicted octanol–water partition coefficient (Wildman–Crippen LogP) is 3.53. The molecule has 0 saturated heterocycles. The van der Waals surface area contributed by atoms with Crippen LogP contribution < -0.4 is 14.8 Å². The second-order valence-corrected chi connectivity index (χ2v) is 9.74. The number of hydrogen-bond donors (Lipinski definition) is 2. The fourth-order valence-electron chi connectivity index (χ4n) is 5.56. The van der Waals surface area contributed by atoms with Gasteiger partial charge in [-0.15, -0.1) is 0 Å². The number of aliphatic hydroxyl groups is 1. The van der Waals surface area contributed by atoms with Crippen molar-refractivity contribution in [3.8, 4) is 11.5 Å².